The molecule has 2 fully saturated rings. The van der Waals surface area contributed by atoms with Crippen LogP contribution in [0.5, 0.6) is 0 Å². The maximum Gasteiger partial charge on any atom is 0.223 e. The molecule has 5 heteroatoms. The number of amides is 1. The Hall–Kier alpha value is -0.710. The van der Waals surface area contributed by atoms with Gasteiger partial charge in [-0.2, -0.15) is 0 Å². The molecule has 2 atom stereocenters. The van der Waals surface area contributed by atoms with Gasteiger partial charge in [0.05, 0.1) is 0 Å². The minimum atomic E-state index is 0. The Morgan fingerprint density at radius 3 is 2.64 bits per heavy atom. The van der Waals surface area contributed by atoms with E-state index in [2.05, 4.69) is 29.6 Å². The molecule has 0 radical (unpaired) electrons. The number of nitrogens with two attached hydrogens (primary N) is 1. The Morgan fingerprint density at radius 1 is 1.27 bits per heavy atom. The molecule has 3 rings (SSSR count). The van der Waals surface area contributed by atoms with Crippen LogP contribution in [-0.2, 0) is 4.79 Å². The molecule has 0 bridgehead atoms. The van der Waals surface area contributed by atoms with Crippen LogP contribution in [-0.4, -0.2) is 23.2 Å². The normalized spacial score (nSPS) is 25.9. The minimum absolute atomic E-state index is 0. The van der Waals surface area contributed by atoms with Crippen LogP contribution in [0, 0.1) is 5.92 Å². The molecule has 3 N–H and O–H groups in total. The van der Waals surface area contributed by atoms with Crippen LogP contribution in [0.2, 0.25) is 0 Å². The zero-order valence-electron chi connectivity index (χ0n) is 12.8. The number of rotatable bonds is 5. The molecule has 2 unspecified atom stereocenters. The molecular weight excluding hydrogens is 316 g/mol. The fourth-order valence-corrected chi connectivity index (χ4v) is 4.29. The van der Waals surface area contributed by atoms with E-state index in [9.17, 15) is 4.79 Å². The fraction of sp³-hybridized carbons (Fsp3) is 0.588. The monoisotopic (exact) mass is 340 g/mol. The van der Waals surface area contributed by atoms with Crippen LogP contribution in [0.4, 0.5) is 0 Å². The zero-order valence-corrected chi connectivity index (χ0v) is 14.4. The lowest BCUT2D eigenvalue weighted by molar-refractivity contribution is -0.126. The first-order valence-corrected chi connectivity index (χ1v) is 8.76. The van der Waals surface area contributed by atoms with Crippen molar-refractivity contribution in [3.8, 4) is 0 Å². The second-order valence-electron chi connectivity index (χ2n) is 6.44. The number of benzene rings is 1. The Kier molecular flexibility index (Phi) is 6.18. The van der Waals surface area contributed by atoms with Gasteiger partial charge in [0.1, 0.15) is 0 Å². The van der Waals surface area contributed by atoms with E-state index < -0.39 is 0 Å². The van der Waals surface area contributed by atoms with E-state index >= 15 is 0 Å². The van der Waals surface area contributed by atoms with Gasteiger partial charge in [-0.3, -0.25) is 4.79 Å². The number of hydrogen-bond acceptors (Lipinski definition) is 3. The van der Waals surface area contributed by atoms with E-state index in [1.807, 2.05) is 17.8 Å². The van der Waals surface area contributed by atoms with Gasteiger partial charge in [0.15, 0.2) is 0 Å². The molecule has 0 heterocycles. The van der Waals surface area contributed by atoms with Crippen molar-refractivity contribution >= 4 is 30.1 Å². The molecule has 0 spiro atoms. The zero-order chi connectivity index (χ0) is 14.7. The second kappa shape index (κ2) is 7.71. The van der Waals surface area contributed by atoms with Crippen LogP contribution in [0.15, 0.2) is 35.2 Å². The summed E-state index contributed by atoms with van der Waals surface area (Å²) >= 11 is 1.91. The summed E-state index contributed by atoms with van der Waals surface area (Å²) in [6.07, 6.45) is 6.39. The van der Waals surface area contributed by atoms with Crippen LogP contribution in [0.1, 0.15) is 38.5 Å². The van der Waals surface area contributed by atoms with Crippen molar-refractivity contribution < 1.29 is 4.79 Å². The van der Waals surface area contributed by atoms with Gasteiger partial charge in [-0.25, -0.2) is 0 Å². The predicted molar refractivity (Wildman–Crippen MR) is 94.5 cm³/mol. The number of hydrogen-bond donors (Lipinski definition) is 2. The Labute approximate surface area is 143 Å². The van der Waals surface area contributed by atoms with Crippen molar-refractivity contribution in [2.24, 2.45) is 11.7 Å². The van der Waals surface area contributed by atoms with Crippen LogP contribution in [0.3, 0.4) is 0 Å². The summed E-state index contributed by atoms with van der Waals surface area (Å²) in [5.41, 5.74) is 5.98. The Balaban J connectivity index is 0.00000176. The minimum Gasteiger partial charge on any atom is -0.354 e. The third-order valence-electron chi connectivity index (χ3n) is 4.56. The van der Waals surface area contributed by atoms with Crippen molar-refractivity contribution in [2.45, 2.75) is 54.2 Å². The number of carbonyl (C=O) groups excluding carboxylic acids is 1. The van der Waals surface area contributed by atoms with E-state index in [0.717, 1.165) is 32.2 Å². The van der Waals surface area contributed by atoms with Crippen LogP contribution < -0.4 is 11.1 Å². The molecule has 3 nitrogen and oxygen atoms in total. The third kappa shape index (κ3) is 4.64. The van der Waals surface area contributed by atoms with E-state index in [4.69, 9.17) is 5.73 Å². The second-order valence-corrected chi connectivity index (χ2v) is 7.98. The van der Waals surface area contributed by atoms with Gasteiger partial charge in [0.25, 0.3) is 0 Å². The lowest BCUT2D eigenvalue weighted by Crippen LogP contribution is -2.40. The summed E-state index contributed by atoms with van der Waals surface area (Å²) in [5.74, 6) is 0.344. The molecule has 2 saturated carbocycles. The van der Waals surface area contributed by atoms with Gasteiger partial charge in [0.2, 0.25) is 5.91 Å². The largest absolute Gasteiger partial charge is 0.354 e. The average molecular weight is 341 g/mol. The molecule has 0 saturated heterocycles. The Morgan fingerprint density at radius 2 is 2.00 bits per heavy atom. The number of carbonyl (C=O) groups is 1. The quantitative estimate of drug-likeness (QED) is 0.864. The molecule has 2 aliphatic carbocycles. The van der Waals surface area contributed by atoms with Crippen molar-refractivity contribution in [3.05, 3.63) is 30.3 Å². The topological polar surface area (TPSA) is 55.1 Å². The maximum absolute atomic E-state index is 12.3. The lowest BCUT2D eigenvalue weighted by Gasteiger charge is -2.26. The first kappa shape index (κ1) is 17.6. The van der Waals surface area contributed by atoms with Crippen molar-refractivity contribution in [3.63, 3.8) is 0 Å². The van der Waals surface area contributed by atoms with Crippen LogP contribution >= 0.6 is 24.2 Å². The fourth-order valence-electron chi connectivity index (χ4n) is 3.05. The van der Waals surface area contributed by atoms with Gasteiger partial charge in [0, 0.05) is 28.1 Å². The summed E-state index contributed by atoms with van der Waals surface area (Å²) in [4.78, 5) is 13.6. The predicted octanol–water partition coefficient (Wildman–Crippen LogP) is 3.37. The van der Waals surface area contributed by atoms with E-state index in [1.54, 1.807) is 0 Å². The molecule has 2 aliphatic rings. The van der Waals surface area contributed by atoms with Gasteiger partial charge < -0.3 is 11.1 Å². The molecular formula is C17H25ClN2OS. The molecule has 0 aromatic heterocycles. The summed E-state index contributed by atoms with van der Waals surface area (Å²) in [7, 11) is 0. The van der Waals surface area contributed by atoms with Crippen molar-refractivity contribution in [1.82, 2.24) is 5.32 Å². The van der Waals surface area contributed by atoms with Crippen molar-refractivity contribution in [1.29, 1.82) is 0 Å². The van der Waals surface area contributed by atoms with E-state index in [1.165, 1.54) is 17.7 Å². The summed E-state index contributed by atoms with van der Waals surface area (Å²) in [5, 5.41) is 3.18. The highest BCUT2D eigenvalue weighted by atomic mass is 35.5. The highest BCUT2D eigenvalue weighted by Crippen LogP contribution is 2.51. The number of nitrogens with one attached hydrogen (secondary N) is 1. The standard InChI is InChI=1S/C17H24N2OS.ClH/c18-14-6-4-5-13(11-14)16(20)19-12-17(9-10-17)21-15-7-2-1-3-8-15;/h1-3,7-8,13-14H,4-6,9-12,18H2,(H,19,20);1H. The number of thioether (sulfide) groups is 1. The van der Waals surface area contributed by atoms with Crippen molar-refractivity contribution in [2.75, 3.05) is 6.54 Å². The summed E-state index contributed by atoms with van der Waals surface area (Å²) < 4.78 is 0.230. The molecule has 22 heavy (non-hydrogen) atoms. The molecule has 1 amide bonds. The highest BCUT2D eigenvalue weighted by molar-refractivity contribution is 8.01. The first-order chi connectivity index (χ1) is 10.2. The smallest absolute Gasteiger partial charge is 0.223 e. The van der Waals surface area contributed by atoms with Gasteiger partial charge in [-0.1, -0.05) is 24.6 Å². The van der Waals surface area contributed by atoms with Gasteiger partial charge in [-0.15, -0.1) is 24.2 Å². The molecule has 0 aliphatic heterocycles. The SMILES string of the molecule is Cl.NC1CCCC(C(=O)NCC2(Sc3ccccc3)CC2)C1. The van der Waals surface area contributed by atoms with E-state index in [-0.39, 0.29) is 35.0 Å². The molecule has 1 aromatic rings. The van der Waals surface area contributed by atoms with E-state index in [0.29, 0.717) is 0 Å². The third-order valence-corrected chi connectivity index (χ3v) is 6.05. The summed E-state index contributed by atoms with van der Waals surface area (Å²) in [6, 6.07) is 10.7. The summed E-state index contributed by atoms with van der Waals surface area (Å²) in [6.45, 7) is 0.789. The molecule has 122 valence electrons. The van der Waals surface area contributed by atoms with Gasteiger partial charge >= 0.3 is 0 Å². The Bertz CT molecular complexity index is 493. The van der Waals surface area contributed by atoms with Crippen LogP contribution in [0.25, 0.3) is 0 Å². The maximum atomic E-state index is 12.3. The number of halogens is 1. The highest BCUT2D eigenvalue weighted by Gasteiger charge is 2.44. The molecule has 1 aromatic carbocycles. The first-order valence-electron chi connectivity index (χ1n) is 7.94. The average Bonchev–Trinajstić information content (AvgIpc) is 3.26. The lowest BCUT2D eigenvalue weighted by atomic mass is 9.85. The van der Waals surface area contributed by atoms with Gasteiger partial charge in [-0.05, 0) is 44.2 Å².